The summed E-state index contributed by atoms with van der Waals surface area (Å²) in [5.41, 5.74) is 3.59. The smallest absolute Gasteiger partial charge is 0.142 e. The Morgan fingerprint density at radius 3 is 1.94 bits per heavy atom. The summed E-state index contributed by atoms with van der Waals surface area (Å²) >= 11 is 0. The number of aliphatic hydroxyl groups is 1. The van der Waals surface area contributed by atoms with E-state index in [-0.39, 0.29) is 5.92 Å². The number of piperazine rings is 1. The second-order valence-corrected chi connectivity index (χ2v) is 8.52. The molecule has 0 bridgehead atoms. The Labute approximate surface area is 197 Å². The highest BCUT2D eigenvalue weighted by atomic mass is 16.5. The molecule has 5 heteroatoms. The van der Waals surface area contributed by atoms with Crippen LogP contribution in [-0.4, -0.2) is 69.2 Å². The quantitative estimate of drug-likeness (QED) is 0.510. The highest BCUT2D eigenvalue weighted by Gasteiger charge is 2.22. The van der Waals surface area contributed by atoms with Gasteiger partial charge in [-0.05, 0) is 23.3 Å². The number of rotatable bonds is 10. The van der Waals surface area contributed by atoms with E-state index in [1.54, 1.807) is 7.11 Å². The topological polar surface area (TPSA) is 45.2 Å². The number of para-hydroxylation sites is 2. The minimum atomic E-state index is -0.505. The van der Waals surface area contributed by atoms with Crippen molar-refractivity contribution >= 4 is 5.69 Å². The molecule has 1 aliphatic rings. The Kier molecular flexibility index (Phi) is 8.36. The summed E-state index contributed by atoms with van der Waals surface area (Å²) in [5, 5.41) is 10.6. The molecule has 0 radical (unpaired) electrons. The van der Waals surface area contributed by atoms with Crippen molar-refractivity contribution in [2.24, 2.45) is 0 Å². The van der Waals surface area contributed by atoms with Gasteiger partial charge in [-0.2, -0.15) is 0 Å². The molecular formula is C28H34N2O3. The number of hydrogen-bond donors (Lipinski definition) is 1. The van der Waals surface area contributed by atoms with E-state index in [9.17, 15) is 5.11 Å². The maximum atomic E-state index is 10.6. The van der Waals surface area contributed by atoms with E-state index in [0.29, 0.717) is 19.8 Å². The van der Waals surface area contributed by atoms with Crippen LogP contribution in [-0.2, 0) is 4.74 Å². The van der Waals surface area contributed by atoms with Gasteiger partial charge in [0.15, 0.2) is 0 Å². The zero-order chi connectivity index (χ0) is 22.9. The first kappa shape index (κ1) is 23.3. The first-order valence-electron chi connectivity index (χ1n) is 11.7. The molecule has 5 nitrogen and oxygen atoms in total. The van der Waals surface area contributed by atoms with E-state index in [4.69, 9.17) is 9.47 Å². The second kappa shape index (κ2) is 11.8. The molecule has 1 aliphatic heterocycles. The van der Waals surface area contributed by atoms with Gasteiger partial charge in [-0.3, -0.25) is 4.90 Å². The summed E-state index contributed by atoms with van der Waals surface area (Å²) in [6.07, 6.45) is -0.505. The van der Waals surface area contributed by atoms with Gasteiger partial charge in [0.2, 0.25) is 0 Å². The van der Waals surface area contributed by atoms with Crippen LogP contribution in [0, 0.1) is 0 Å². The lowest BCUT2D eigenvalue weighted by Crippen LogP contribution is -2.49. The summed E-state index contributed by atoms with van der Waals surface area (Å²) in [4.78, 5) is 4.66. The van der Waals surface area contributed by atoms with Gasteiger partial charge in [0.25, 0.3) is 0 Å². The molecule has 1 saturated heterocycles. The van der Waals surface area contributed by atoms with Crippen LogP contribution in [0.4, 0.5) is 5.69 Å². The van der Waals surface area contributed by atoms with E-state index >= 15 is 0 Å². The number of benzene rings is 3. The van der Waals surface area contributed by atoms with Crippen molar-refractivity contribution in [1.82, 2.24) is 4.90 Å². The van der Waals surface area contributed by atoms with E-state index in [2.05, 4.69) is 64.4 Å². The lowest BCUT2D eigenvalue weighted by molar-refractivity contribution is 0.0135. The third-order valence-corrected chi connectivity index (χ3v) is 6.27. The van der Waals surface area contributed by atoms with E-state index in [0.717, 1.165) is 37.6 Å². The molecule has 1 fully saturated rings. The monoisotopic (exact) mass is 446 g/mol. The molecule has 174 valence electrons. The number of methoxy groups -OCH3 is 1. The fourth-order valence-electron chi connectivity index (χ4n) is 4.49. The highest BCUT2D eigenvalue weighted by molar-refractivity contribution is 5.58. The van der Waals surface area contributed by atoms with Gasteiger partial charge in [0.1, 0.15) is 5.75 Å². The number of nitrogens with zero attached hydrogens (tertiary/aromatic N) is 2. The van der Waals surface area contributed by atoms with Crippen molar-refractivity contribution in [3.8, 4) is 5.75 Å². The Morgan fingerprint density at radius 1 is 0.758 bits per heavy atom. The van der Waals surface area contributed by atoms with Crippen molar-refractivity contribution in [3.63, 3.8) is 0 Å². The predicted octanol–water partition coefficient (Wildman–Crippen LogP) is 4.03. The number of anilines is 1. The van der Waals surface area contributed by atoms with Crippen LogP contribution in [0.1, 0.15) is 17.0 Å². The van der Waals surface area contributed by atoms with Gasteiger partial charge in [0.05, 0.1) is 32.1 Å². The van der Waals surface area contributed by atoms with Crippen LogP contribution in [0.3, 0.4) is 0 Å². The summed E-state index contributed by atoms with van der Waals surface area (Å²) in [6.45, 7) is 5.16. The van der Waals surface area contributed by atoms with Gasteiger partial charge in [0, 0.05) is 38.6 Å². The molecule has 3 aromatic carbocycles. The first-order chi connectivity index (χ1) is 16.2. The van der Waals surface area contributed by atoms with Gasteiger partial charge in [-0.15, -0.1) is 0 Å². The summed E-state index contributed by atoms with van der Waals surface area (Å²) in [6, 6.07) is 29.0. The highest BCUT2D eigenvalue weighted by Crippen LogP contribution is 2.28. The van der Waals surface area contributed by atoms with Crippen molar-refractivity contribution < 1.29 is 14.6 Å². The third-order valence-electron chi connectivity index (χ3n) is 6.27. The molecule has 3 aromatic rings. The van der Waals surface area contributed by atoms with Crippen molar-refractivity contribution in [2.45, 2.75) is 12.0 Å². The molecule has 0 aromatic heterocycles. The molecule has 0 spiro atoms. The second-order valence-electron chi connectivity index (χ2n) is 8.52. The van der Waals surface area contributed by atoms with Crippen LogP contribution < -0.4 is 9.64 Å². The van der Waals surface area contributed by atoms with Gasteiger partial charge < -0.3 is 19.5 Å². The molecule has 0 saturated carbocycles. The first-order valence-corrected chi connectivity index (χ1v) is 11.7. The predicted molar refractivity (Wildman–Crippen MR) is 133 cm³/mol. The Balaban J connectivity index is 1.25. The summed E-state index contributed by atoms with van der Waals surface area (Å²) in [5.74, 6) is 1.06. The Hall–Kier alpha value is -2.86. The molecule has 1 atom stereocenters. The molecule has 0 amide bonds. The molecule has 1 N–H and O–H groups in total. The lowest BCUT2D eigenvalue weighted by Gasteiger charge is -2.37. The fourth-order valence-corrected chi connectivity index (χ4v) is 4.49. The number of hydrogen-bond acceptors (Lipinski definition) is 5. The van der Waals surface area contributed by atoms with Crippen LogP contribution in [0.15, 0.2) is 84.9 Å². The van der Waals surface area contributed by atoms with Crippen LogP contribution in [0.2, 0.25) is 0 Å². The Morgan fingerprint density at radius 2 is 1.33 bits per heavy atom. The third kappa shape index (κ3) is 6.35. The largest absolute Gasteiger partial charge is 0.495 e. The lowest BCUT2D eigenvalue weighted by atomic mass is 9.92. The van der Waals surface area contributed by atoms with Gasteiger partial charge in [-0.1, -0.05) is 72.8 Å². The number of aliphatic hydroxyl groups excluding tert-OH is 1. The SMILES string of the molecule is COc1ccccc1N1CCN(CC(O)COCC(c2ccccc2)c2ccccc2)CC1. The molecular weight excluding hydrogens is 412 g/mol. The fraction of sp³-hybridized carbons (Fsp3) is 0.357. The van der Waals surface area contributed by atoms with Crippen molar-refractivity contribution in [2.75, 3.05) is 57.9 Å². The van der Waals surface area contributed by atoms with Crippen LogP contribution in [0.25, 0.3) is 0 Å². The zero-order valence-corrected chi connectivity index (χ0v) is 19.3. The Bertz CT molecular complexity index is 920. The van der Waals surface area contributed by atoms with E-state index in [1.807, 2.05) is 30.3 Å². The molecule has 4 rings (SSSR count). The molecule has 0 aliphatic carbocycles. The maximum Gasteiger partial charge on any atom is 0.142 e. The van der Waals surface area contributed by atoms with Crippen LogP contribution >= 0.6 is 0 Å². The van der Waals surface area contributed by atoms with Crippen LogP contribution in [0.5, 0.6) is 5.75 Å². The standard InChI is InChI=1S/C28H34N2O3/c1-32-28-15-9-8-14-27(28)30-18-16-29(17-19-30)20-25(31)21-33-22-26(23-10-4-2-5-11-23)24-12-6-3-7-13-24/h2-15,25-26,31H,16-22H2,1H3. The van der Waals surface area contributed by atoms with E-state index < -0.39 is 6.10 Å². The van der Waals surface area contributed by atoms with E-state index in [1.165, 1.54) is 11.1 Å². The normalized spacial score (nSPS) is 15.5. The minimum absolute atomic E-state index is 0.156. The number of ether oxygens (including phenoxy) is 2. The average molecular weight is 447 g/mol. The zero-order valence-electron chi connectivity index (χ0n) is 19.3. The minimum Gasteiger partial charge on any atom is -0.495 e. The van der Waals surface area contributed by atoms with Gasteiger partial charge in [-0.25, -0.2) is 0 Å². The van der Waals surface area contributed by atoms with Crippen molar-refractivity contribution in [1.29, 1.82) is 0 Å². The van der Waals surface area contributed by atoms with Crippen molar-refractivity contribution in [3.05, 3.63) is 96.1 Å². The number of β-amino-alcohol motifs (C(OH)–C–C–N with tert-alkyl or cyclic N) is 1. The average Bonchev–Trinajstić information content (AvgIpc) is 2.88. The molecule has 33 heavy (non-hydrogen) atoms. The molecule has 1 heterocycles. The molecule has 1 unspecified atom stereocenters. The summed E-state index contributed by atoms with van der Waals surface area (Å²) < 4.78 is 11.5. The van der Waals surface area contributed by atoms with Gasteiger partial charge >= 0.3 is 0 Å². The summed E-state index contributed by atoms with van der Waals surface area (Å²) in [7, 11) is 1.71. The maximum absolute atomic E-state index is 10.6.